The van der Waals surface area contributed by atoms with E-state index in [4.69, 9.17) is 9.84 Å². The van der Waals surface area contributed by atoms with Crippen LogP contribution < -0.4 is 4.74 Å². The van der Waals surface area contributed by atoms with Gasteiger partial charge in [0.25, 0.3) is 5.91 Å². The molecule has 1 rings (SSSR count). The Morgan fingerprint density at radius 1 is 1.42 bits per heavy atom. The minimum atomic E-state index is -0.927. The maximum atomic E-state index is 13.7. The van der Waals surface area contributed by atoms with E-state index in [2.05, 4.69) is 0 Å². The smallest absolute Gasteiger partial charge is 0.303 e. The van der Waals surface area contributed by atoms with Gasteiger partial charge in [0.05, 0.1) is 7.11 Å². The number of carbonyl (C=O) groups excluding carboxylic acids is 1. The second-order valence-electron chi connectivity index (χ2n) is 4.04. The first-order valence-electron chi connectivity index (χ1n) is 5.77. The molecule has 0 heterocycles. The molecule has 1 amide bonds. The molecule has 1 aromatic carbocycles. The predicted octanol–water partition coefficient (Wildman–Crippen LogP) is 1.77. The fourth-order valence-corrected chi connectivity index (χ4v) is 1.64. The number of benzene rings is 1. The molecule has 1 N–H and O–H groups in total. The third kappa shape index (κ3) is 3.94. The van der Waals surface area contributed by atoms with Crippen LogP contribution in [0, 0.1) is 5.82 Å². The van der Waals surface area contributed by atoms with Gasteiger partial charge >= 0.3 is 5.97 Å². The van der Waals surface area contributed by atoms with Crippen LogP contribution in [0.2, 0.25) is 0 Å². The van der Waals surface area contributed by atoms with E-state index < -0.39 is 17.7 Å². The molecule has 0 aliphatic rings. The van der Waals surface area contributed by atoms with Gasteiger partial charge in [0.2, 0.25) is 0 Å². The molecule has 0 radical (unpaired) electrons. The Hall–Kier alpha value is -2.11. The van der Waals surface area contributed by atoms with Crippen LogP contribution in [0.3, 0.4) is 0 Å². The van der Waals surface area contributed by atoms with Crippen molar-refractivity contribution in [1.29, 1.82) is 0 Å². The topological polar surface area (TPSA) is 66.8 Å². The van der Waals surface area contributed by atoms with E-state index in [0.717, 1.165) is 0 Å². The summed E-state index contributed by atoms with van der Waals surface area (Å²) < 4.78 is 18.6. The van der Waals surface area contributed by atoms with E-state index in [0.29, 0.717) is 6.42 Å². The summed E-state index contributed by atoms with van der Waals surface area (Å²) in [7, 11) is 2.85. The predicted molar refractivity (Wildman–Crippen MR) is 66.8 cm³/mol. The summed E-state index contributed by atoms with van der Waals surface area (Å²) in [4.78, 5) is 23.8. The molecular weight excluding hydrogens is 253 g/mol. The zero-order valence-electron chi connectivity index (χ0n) is 10.9. The number of aliphatic carboxylic acids is 1. The number of rotatable bonds is 6. The fourth-order valence-electron chi connectivity index (χ4n) is 1.64. The number of nitrogens with zero attached hydrogens (tertiary/aromatic N) is 1. The molecule has 0 atom stereocenters. The molecule has 0 bridgehead atoms. The first kappa shape index (κ1) is 14.9. The number of carbonyl (C=O) groups is 2. The molecule has 0 saturated carbocycles. The van der Waals surface area contributed by atoms with Gasteiger partial charge in [0, 0.05) is 20.0 Å². The molecule has 0 unspecified atom stereocenters. The van der Waals surface area contributed by atoms with Crippen LogP contribution in [-0.4, -0.2) is 42.6 Å². The summed E-state index contributed by atoms with van der Waals surface area (Å²) in [6.45, 7) is 0.239. The van der Waals surface area contributed by atoms with Gasteiger partial charge in [0.15, 0.2) is 0 Å². The van der Waals surface area contributed by atoms with Crippen LogP contribution in [0.15, 0.2) is 18.2 Å². The van der Waals surface area contributed by atoms with Gasteiger partial charge in [-0.15, -0.1) is 0 Å². The lowest BCUT2D eigenvalue weighted by atomic mass is 10.1. The molecule has 104 valence electrons. The van der Waals surface area contributed by atoms with Crippen LogP contribution in [0.4, 0.5) is 4.39 Å². The lowest BCUT2D eigenvalue weighted by molar-refractivity contribution is -0.137. The van der Waals surface area contributed by atoms with Crippen LogP contribution in [0.1, 0.15) is 23.2 Å². The van der Waals surface area contributed by atoms with Crippen LogP contribution >= 0.6 is 0 Å². The molecular formula is C13H16FNO4. The van der Waals surface area contributed by atoms with Gasteiger partial charge in [-0.1, -0.05) is 6.07 Å². The van der Waals surface area contributed by atoms with Gasteiger partial charge in [0.1, 0.15) is 17.1 Å². The summed E-state index contributed by atoms with van der Waals surface area (Å²) >= 11 is 0. The fraction of sp³-hybridized carbons (Fsp3) is 0.385. The lowest BCUT2D eigenvalue weighted by Crippen LogP contribution is -2.29. The van der Waals surface area contributed by atoms with E-state index >= 15 is 0 Å². The second kappa shape index (κ2) is 6.72. The summed E-state index contributed by atoms with van der Waals surface area (Å²) in [6.07, 6.45) is 0.278. The van der Waals surface area contributed by atoms with Crippen molar-refractivity contribution in [3.05, 3.63) is 29.6 Å². The van der Waals surface area contributed by atoms with Crippen molar-refractivity contribution in [2.75, 3.05) is 20.7 Å². The number of methoxy groups -OCH3 is 1. The highest BCUT2D eigenvalue weighted by Crippen LogP contribution is 2.22. The first-order chi connectivity index (χ1) is 8.97. The Bertz CT molecular complexity index is 476. The minimum Gasteiger partial charge on any atom is -0.496 e. The molecule has 5 nitrogen and oxygen atoms in total. The van der Waals surface area contributed by atoms with Crippen molar-refractivity contribution >= 4 is 11.9 Å². The molecule has 0 fully saturated rings. The van der Waals surface area contributed by atoms with Gasteiger partial charge in [-0.05, 0) is 18.6 Å². The highest BCUT2D eigenvalue weighted by atomic mass is 19.1. The molecule has 6 heteroatoms. The Morgan fingerprint density at radius 2 is 2.11 bits per heavy atom. The highest BCUT2D eigenvalue weighted by molar-refractivity contribution is 5.97. The van der Waals surface area contributed by atoms with Crippen molar-refractivity contribution in [3.63, 3.8) is 0 Å². The van der Waals surface area contributed by atoms with E-state index in [9.17, 15) is 14.0 Å². The number of hydrogen-bond donors (Lipinski definition) is 1. The van der Waals surface area contributed by atoms with E-state index in [1.165, 1.54) is 37.3 Å². The molecule has 19 heavy (non-hydrogen) atoms. The van der Waals surface area contributed by atoms with Gasteiger partial charge in [-0.3, -0.25) is 9.59 Å². The normalized spacial score (nSPS) is 10.1. The minimum absolute atomic E-state index is 0.0357. The zero-order valence-corrected chi connectivity index (χ0v) is 10.9. The summed E-state index contributed by atoms with van der Waals surface area (Å²) in [5.41, 5.74) is -0.136. The average Bonchev–Trinajstić information content (AvgIpc) is 2.37. The number of amides is 1. The van der Waals surface area contributed by atoms with E-state index in [1.807, 2.05) is 0 Å². The van der Waals surface area contributed by atoms with E-state index in [-0.39, 0.29) is 24.3 Å². The number of carboxylic acid groups (broad SMARTS) is 1. The van der Waals surface area contributed by atoms with Crippen LogP contribution in [-0.2, 0) is 4.79 Å². The van der Waals surface area contributed by atoms with Crippen molar-refractivity contribution in [1.82, 2.24) is 4.90 Å². The van der Waals surface area contributed by atoms with Crippen LogP contribution in [0.5, 0.6) is 5.75 Å². The first-order valence-corrected chi connectivity index (χ1v) is 5.77. The quantitative estimate of drug-likeness (QED) is 0.854. The Labute approximate surface area is 110 Å². The second-order valence-corrected chi connectivity index (χ2v) is 4.04. The van der Waals surface area contributed by atoms with Crippen LogP contribution in [0.25, 0.3) is 0 Å². The average molecular weight is 269 g/mol. The summed E-state index contributed by atoms with van der Waals surface area (Å²) in [5.74, 6) is -1.95. The standard InChI is InChI=1S/C13H16FNO4/c1-15(8-4-7-11(16)17)13(18)12-9(14)5-3-6-10(12)19-2/h3,5-6H,4,7-8H2,1-2H3,(H,16,17). The van der Waals surface area contributed by atoms with Gasteiger partial charge in [-0.25, -0.2) is 4.39 Å². The zero-order chi connectivity index (χ0) is 14.4. The molecule has 0 aromatic heterocycles. The summed E-state index contributed by atoms with van der Waals surface area (Å²) in [5, 5.41) is 8.52. The van der Waals surface area contributed by atoms with Crippen molar-refractivity contribution in [2.45, 2.75) is 12.8 Å². The summed E-state index contributed by atoms with van der Waals surface area (Å²) in [6, 6.07) is 4.14. The Morgan fingerprint density at radius 3 is 2.68 bits per heavy atom. The molecule has 1 aromatic rings. The molecule has 0 saturated heterocycles. The Balaban J connectivity index is 2.79. The third-order valence-corrected chi connectivity index (χ3v) is 2.64. The van der Waals surface area contributed by atoms with Crippen molar-refractivity contribution < 1.29 is 23.8 Å². The van der Waals surface area contributed by atoms with Crippen molar-refractivity contribution in [2.24, 2.45) is 0 Å². The molecule has 0 spiro atoms. The lowest BCUT2D eigenvalue weighted by Gasteiger charge is -2.18. The number of halogens is 1. The largest absolute Gasteiger partial charge is 0.496 e. The maximum absolute atomic E-state index is 13.7. The highest BCUT2D eigenvalue weighted by Gasteiger charge is 2.20. The monoisotopic (exact) mass is 269 g/mol. The maximum Gasteiger partial charge on any atom is 0.303 e. The Kier molecular flexibility index (Phi) is 5.29. The molecule has 0 aliphatic carbocycles. The number of hydrogen-bond acceptors (Lipinski definition) is 3. The third-order valence-electron chi connectivity index (χ3n) is 2.64. The van der Waals surface area contributed by atoms with Gasteiger partial charge in [-0.2, -0.15) is 0 Å². The number of carboxylic acids is 1. The molecule has 0 aliphatic heterocycles. The van der Waals surface area contributed by atoms with Gasteiger partial charge < -0.3 is 14.7 Å². The van der Waals surface area contributed by atoms with Crippen molar-refractivity contribution in [3.8, 4) is 5.75 Å². The number of ether oxygens (including phenoxy) is 1. The van der Waals surface area contributed by atoms with E-state index in [1.54, 1.807) is 0 Å². The SMILES string of the molecule is COc1cccc(F)c1C(=O)N(C)CCCC(=O)O.